The first-order valence-electron chi connectivity index (χ1n) is 6.91. The lowest BCUT2D eigenvalue weighted by Crippen LogP contribution is -2.35. The van der Waals surface area contributed by atoms with E-state index in [9.17, 15) is 4.79 Å². The highest BCUT2D eigenvalue weighted by Crippen LogP contribution is 2.20. The van der Waals surface area contributed by atoms with Gasteiger partial charge in [0, 0.05) is 19.1 Å². The van der Waals surface area contributed by atoms with Crippen LogP contribution in [0.2, 0.25) is 0 Å². The van der Waals surface area contributed by atoms with Crippen molar-refractivity contribution in [3.63, 3.8) is 0 Å². The molecule has 98 valence electrons. The van der Waals surface area contributed by atoms with Gasteiger partial charge in [0.05, 0.1) is 13.0 Å². The molecule has 4 heteroatoms. The van der Waals surface area contributed by atoms with Crippen molar-refractivity contribution >= 4 is 5.97 Å². The molecule has 0 amide bonds. The summed E-state index contributed by atoms with van der Waals surface area (Å²) >= 11 is 0. The van der Waals surface area contributed by atoms with Crippen LogP contribution in [-0.2, 0) is 9.53 Å². The summed E-state index contributed by atoms with van der Waals surface area (Å²) in [6.45, 7) is 8.04. The number of esters is 1. The van der Waals surface area contributed by atoms with Gasteiger partial charge < -0.3 is 9.64 Å². The van der Waals surface area contributed by atoms with Gasteiger partial charge in [0.1, 0.15) is 0 Å². The molecule has 2 fully saturated rings. The third-order valence-corrected chi connectivity index (χ3v) is 3.84. The molecule has 2 aliphatic rings. The van der Waals surface area contributed by atoms with E-state index in [0.717, 1.165) is 25.7 Å². The van der Waals surface area contributed by atoms with E-state index in [1.165, 1.54) is 32.4 Å². The number of carbonyl (C=O) groups is 1. The molecule has 0 aliphatic carbocycles. The molecule has 2 rings (SSSR count). The number of ether oxygens (including phenoxy) is 1. The molecule has 0 bridgehead atoms. The van der Waals surface area contributed by atoms with Gasteiger partial charge in [0.2, 0.25) is 0 Å². The van der Waals surface area contributed by atoms with E-state index in [0.29, 0.717) is 13.0 Å². The highest BCUT2D eigenvalue weighted by atomic mass is 16.5. The largest absolute Gasteiger partial charge is 0.466 e. The minimum Gasteiger partial charge on any atom is -0.466 e. The number of rotatable bonds is 5. The zero-order valence-corrected chi connectivity index (χ0v) is 10.9. The molecule has 0 spiro atoms. The zero-order valence-electron chi connectivity index (χ0n) is 10.9. The molecule has 1 unspecified atom stereocenters. The average Bonchev–Trinajstić information content (AvgIpc) is 2.97. The van der Waals surface area contributed by atoms with Gasteiger partial charge in [-0.1, -0.05) is 0 Å². The van der Waals surface area contributed by atoms with Gasteiger partial charge in [-0.2, -0.15) is 0 Å². The van der Waals surface area contributed by atoms with E-state index < -0.39 is 0 Å². The van der Waals surface area contributed by atoms with Crippen LogP contribution in [0.3, 0.4) is 0 Å². The molecule has 2 saturated heterocycles. The standard InChI is InChI=1S/C13H24N2O2/c1-2-17-13(16)6-10-14-9-5-12(11-14)15-7-3-4-8-15/h12H,2-11H2,1H3. The van der Waals surface area contributed by atoms with Crippen LogP contribution in [0.1, 0.15) is 32.6 Å². The third kappa shape index (κ3) is 3.68. The molecule has 2 aliphatic heterocycles. The van der Waals surface area contributed by atoms with E-state index in [4.69, 9.17) is 4.74 Å². The van der Waals surface area contributed by atoms with Crippen LogP contribution in [0.5, 0.6) is 0 Å². The Morgan fingerprint density at radius 2 is 2.06 bits per heavy atom. The predicted octanol–water partition coefficient (Wildman–Crippen LogP) is 1.11. The second-order valence-electron chi connectivity index (χ2n) is 5.04. The van der Waals surface area contributed by atoms with Crippen molar-refractivity contribution in [1.29, 1.82) is 0 Å². The van der Waals surface area contributed by atoms with Gasteiger partial charge >= 0.3 is 5.97 Å². The Kier molecular flexibility index (Phi) is 4.80. The minimum atomic E-state index is -0.0582. The summed E-state index contributed by atoms with van der Waals surface area (Å²) in [6, 6.07) is 0.736. The topological polar surface area (TPSA) is 32.8 Å². The summed E-state index contributed by atoms with van der Waals surface area (Å²) in [5.41, 5.74) is 0. The number of likely N-dealkylation sites (tertiary alicyclic amines) is 2. The second-order valence-corrected chi connectivity index (χ2v) is 5.04. The molecule has 0 aromatic heterocycles. The molecular formula is C13H24N2O2. The summed E-state index contributed by atoms with van der Waals surface area (Å²) in [7, 11) is 0. The van der Waals surface area contributed by atoms with Crippen LogP contribution in [0.15, 0.2) is 0 Å². The molecule has 0 aromatic carbocycles. The van der Waals surface area contributed by atoms with Gasteiger partial charge in [-0.3, -0.25) is 9.69 Å². The maximum Gasteiger partial charge on any atom is 0.307 e. The lowest BCUT2D eigenvalue weighted by atomic mass is 10.2. The highest BCUT2D eigenvalue weighted by molar-refractivity contribution is 5.69. The zero-order chi connectivity index (χ0) is 12.1. The average molecular weight is 240 g/mol. The van der Waals surface area contributed by atoms with Crippen LogP contribution in [0.4, 0.5) is 0 Å². The quantitative estimate of drug-likeness (QED) is 0.674. The number of nitrogens with zero attached hydrogens (tertiary/aromatic N) is 2. The van der Waals surface area contributed by atoms with Crippen LogP contribution in [0.25, 0.3) is 0 Å². The van der Waals surface area contributed by atoms with Crippen molar-refractivity contribution in [3.8, 4) is 0 Å². The van der Waals surface area contributed by atoms with Gasteiger partial charge in [0.25, 0.3) is 0 Å². The summed E-state index contributed by atoms with van der Waals surface area (Å²) in [6.07, 6.45) is 4.53. The molecule has 4 nitrogen and oxygen atoms in total. The fourth-order valence-electron chi connectivity index (χ4n) is 2.90. The van der Waals surface area contributed by atoms with Crippen LogP contribution in [0, 0.1) is 0 Å². The van der Waals surface area contributed by atoms with Crippen LogP contribution >= 0.6 is 0 Å². The summed E-state index contributed by atoms with van der Waals surface area (Å²) in [5.74, 6) is -0.0582. The van der Waals surface area contributed by atoms with Crippen molar-refractivity contribution in [2.75, 3.05) is 39.3 Å². The van der Waals surface area contributed by atoms with Crippen molar-refractivity contribution in [3.05, 3.63) is 0 Å². The normalized spacial score (nSPS) is 26.5. The Morgan fingerprint density at radius 1 is 1.29 bits per heavy atom. The molecule has 0 aromatic rings. The van der Waals surface area contributed by atoms with Gasteiger partial charge in [-0.05, 0) is 45.8 Å². The summed E-state index contributed by atoms with van der Waals surface area (Å²) < 4.78 is 4.95. The lowest BCUT2D eigenvalue weighted by molar-refractivity contribution is -0.143. The van der Waals surface area contributed by atoms with Gasteiger partial charge in [-0.25, -0.2) is 0 Å². The summed E-state index contributed by atoms with van der Waals surface area (Å²) in [5, 5.41) is 0. The molecule has 0 N–H and O–H groups in total. The Hall–Kier alpha value is -0.610. The SMILES string of the molecule is CCOC(=O)CCN1CCC(N2CCCC2)C1. The molecule has 17 heavy (non-hydrogen) atoms. The van der Waals surface area contributed by atoms with Crippen molar-refractivity contribution in [2.24, 2.45) is 0 Å². The minimum absolute atomic E-state index is 0.0582. The molecule has 0 saturated carbocycles. The van der Waals surface area contributed by atoms with Gasteiger partial charge in [-0.15, -0.1) is 0 Å². The summed E-state index contributed by atoms with van der Waals surface area (Å²) in [4.78, 5) is 16.3. The van der Waals surface area contributed by atoms with Crippen LogP contribution < -0.4 is 0 Å². The Bertz CT molecular complexity index is 252. The molecular weight excluding hydrogens is 216 g/mol. The van der Waals surface area contributed by atoms with Crippen molar-refractivity contribution in [2.45, 2.75) is 38.6 Å². The maximum absolute atomic E-state index is 11.3. The number of hydrogen-bond acceptors (Lipinski definition) is 4. The van der Waals surface area contributed by atoms with Gasteiger partial charge in [0.15, 0.2) is 0 Å². The second kappa shape index (κ2) is 6.36. The molecule has 0 radical (unpaired) electrons. The van der Waals surface area contributed by atoms with E-state index in [1.54, 1.807) is 0 Å². The highest BCUT2D eigenvalue weighted by Gasteiger charge is 2.29. The predicted molar refractivity (Wildman–Crippen MR) is 66.9 cm³/mol. The smallest absolute Gasteiger partial charge is 0.307 e. The Morgan fingerprint density at radius 3 is 2.76 bits per heavy atom. The van der Waals surface area contributed by atoms with Crippen LogP contribution in [-0.4, -0.2) is 61.1 Å². The number of hydrogen-bond donors (Lipinski definition) is 0. The van der Waals surface area contributed by atoms with Crippen molar-refractivity contribution in [1.82, 2.24) is 9.80 Å². The number of carbonyl (C=O) groups excluding carboxylic acids is 1. The molecule has 2 heterocycles. The van der Waals surface area contributed by atoms with E-state index >= 15 is 0 Å². The Labute approximate surface area is 104 Å². The van der Waals surface area contributed by atoms with E-state index in [-0.39, 0.29) is 5.97 Å². The van der Waals surface area contributed by atoms with E-state index in [2.05, 4.69) is 9.80 Å². The fourth-order valence-corrected chi connectivity index (χ4v) is 2.90. The maximum atomic E-state index is 11.3. The van der Waals surface area contributed by atoms with E-state index in [1.807, 2.05) is 6.92 Å². The first-order valence-corrected chi connectivity index (χ1v) is 6.91. The third-order valence-electron chi connectivity index (χ3n) is 3.84. The fraction of sp³-hybridized carbons (Fsp3) is 0.923. The molecule has 1 atom stereocenters. The van der Waals surface area contributed by atoms with Crippen molar-refractivity contribution < 1.29 is 9.53 Å². The first-order chi connectivity index (χ1) is 8.29. The first kappa shape index (κ1) is 12.8. The lowest BCUT2D eigenvalue weighted by Gasteiger charge is -2.23. The monoisotopic (exact) mass is 240 g/mol. The Balaban J connectivity index is 1.65.